The highest BCUT2D eigenvalue weighted by molar-refractivity contribution is 6.12. The number of benzene rings is 1. The third kappa shape index (κ3) is 14.0. The summed E-state index contributed by atoms with van der Waals surface area (Å²) in [5, 5.41) is 35.1. The minimum Gasteiger partial charge on any atom is -0.447 e. The van der Waals surface area contributed by atoms with Crippen molar-refractivity contribution in [3.63, 3.8) is 0 Å². The molecule has 2 heterocycles. The van der Waals surface area contributed by atoms with Gasteiger partial charge in [-0.3, -0.25) is 33.7 Å². The quantitative estimate of drug-likeness (QED) is 0.0501. The minimum absolute atomic E-state index is 0.0174. The standard InChI is InChI=1S/C59H84N8O15/c1-8-13-49-81-45-31-41-40-21-18-37-30-39(68)24-25-57(37,4)50(40)43(69)32-58(41,5)59(45,82-49)44(70)34-80-56(78)66(7)29-28-65(6)55(77)79-33-36-16-19-38(20-17-36)62-52(74)42(14-12-26-61-54(60)76)63-53(75)51(35(2)3)64-46(71)15-10-9-11-27-67-47(72)22-23-48(67)73/h16-17,19-20,22-25,30,35,40-45,49-51,69-70H,8-15,18,21,26-29,31-34H2,1-7H3,(H,62,74)(H,63,75)(H,64,71)(H3,60,61,76)/t40-,41-,42-,43-,44?,45+,49?,50+,51-,57-,58-,59+/m0/s1. The number of nitrogens with two attached hydrogens (primary N) is 1. The van der Waals surface area contributed by atoms with Crippen molar-refractivity contribution >= 4 is 59.2 Å². The molecule has 7 rings (SSSR count). The highest BCUT2D eigenvalue weighted by atomic mass is 16.7. The lowest BCUT2D eigenvalue weighted by Gasteiger charge is -2.60. The summed E-state index contributed by atoms with van der Waals surface area (Å²) < 4.78 is 24.7. The number of aliphatic hydroxyl groups is 2. The van der Waals surface area contributed by atoms with Crippen LogP contribution in [-0.2, 0) is 54.3 Å². The third-order valence-electron chi connectivity index (χ3n) is 17.8. The highest BCUT2D eigenvalue weighted by Crippen LogP contribution is 2.70. The fourth-order valence-corrected chi connectivity index (χ4v) is 13.4. The van der Waals surface area contributed by atoms with Gasteiger partial charge >= 0.3 is 18.2 Å². The van der Waals surface area contributed by atoms with Crippen molar-refractivity contribution in [2.75, 3.05) is 52.2 Å². The zero-order valence-corrected chi connectivity index (χ0v) is 48.3. The van der Waals surface area contributed by atoms with Crippen LogP contribution in [0.2, 0.25) is 0 Å². The molecule has 1 saturated heterocycles. The van der Waals surface area contributed by atoms with Crippen LogP contribution < -0.4 is 27.0 Å². The van der Waals surface area contributed by atoms with Crippen LogP contribution in [0.1, 0.15) is 117 Å². The first-order valence-corrected chi connectivity index (χ1v) is 28.9. The average molecular weight is 1150 g/mol. The number of likely N-dealkylation sites (N-methyl/N-ethyl adjacent to an activating group) is 2. The smallest absolute Gasteiger partial charge is 0.409 e. The predicted octanol–water partition coefficient (Wildman–Crippen LogP) is 4.35. The molecule has 450 valence electrons. The van der Waals surface area contributed by atoms with E-state index in [1.807, 2.05) is 13.0 Å². The molecular weight excluding hydrogens is 1060 g/mol. The van der Waals surface area contributed by atoms with Gasteiger partial charge in [-0.25, -0.2) is 14.4 Å². The van der Waals surface area contributed by atoms with Gasteiger partial charge in [-0.2, -0.15) is 0 Å². The van der Waals surface area contributed by atoms with Gasteiger partial charge in [-0.05, 0) is 105 Å². The van der Waals surface area contributed by atoms with Crippen LogP contribution in [0.4, 0.5) is 20.1 Å². The molecule has 4 aliphatic carbocycles. The Morgan fingerprint density at radius 3 is 2.24 bits per heavy atom. The molecule has 8 N–H and O–H groups in total. The van der Waals surface area contributed by atoms with Crippen LogP contribution in [0.25, 0.3) is 0 Å². The molecule has 0 spiro atoms. The summed E-state index contributed by atoms with van der Waals surface area (Å²) in [5.74, 6) is -2.69. The minimum atomic E-state index is -1.29. The van der Waals surface area contributed by atoms with Crippen LogP contribution in [0.5, 0.6) is 0 Å². The number of hydrogen-bond acceptors (Lipinski definition) is 15. The SMILES string of the molecule is CCCC1O[C@@H]2C[C@H]3[C@@H]4CCC5=CC(=O)C=C[C@]5(C)[C@H]4[C@@H](O)C[C@]3(C)[C@]2(C(O)COC(=O)N(C)CCN(C)C(=O)OCc2ccc(NC(=O)[C@H](CCCNC(N)=O)NC(=O)[C@@H](NC(=O)CCCCCN3C(=O)C=CC3=O)C(C)C)cc2)O1. The zero-order chi connectivity index (χ0) is 59.7. The number of anilines is 1. The van der Waals surface area contributed by atoms with Gasteiger partial charge < -0.3 is 66.0 Å². The molecule has 23 nitrogen and oxygen atoms in total. The molecule has 23 heteroatoms. The normalized spacial score (nSPS) is 28.0. The van der Waals surface area contributed by atoms with E-state index in [-0.39, 0.29) is 99.2 Å². The number of urea groups is 1. The Bertz CT molecular complexity index is 2630. The summed E-state index contributed by atoms with van der Waals surface area (Å²) in [6.07, 6.45) is 9.06. The Morgan fingerprint density at radius 2 is 1.59 bits per heavy atom. The van der Waals surface area contributed by atoms with Crippen LogP contribution in [0.3, 0.4) is 0 Å². The molecule has 0 radical (unpaired) electrons. The lowest BCUT2D eigenvalue weighted by atomic mass is 9.46. The molecule has 12 atom stereocenters. The van der Waals surface area contributed by atoms with E-state index in [2.05, 4.69) is 35.1 Å². The van der Waals surface area contributed by atoms with E-state index >= 15 is 0 Å². The number of hydrogen-bond donors (Lipinski definition) is 7. The summed E-state index contributed by atoms with van der Waals surface area (Å²) in [6.45, 7) is 9.72. The lowest BCUT2D eigenvalue weighted by molar-refractivity contribution is -0.231. The molecule has 82 heavy (non-hydrogen) atoms. The van der Waals surface area contributed by atoms with Crippen LogP contribution >= 0.6 is 0 Å². The van der Waals surface area contributed by atoms with E-state index in [0.717, 1.165) is 29.7 Å². The number of allylic oxidation sites excluding steroid dienone is 4. The van der Waals surface area contributed by atoms with Crippen molar-refractivity contribution in [3.8, 4) is 0 Å². The number of carbonyl (C=O) groups excluding carboxylic acids is 9. The van der Waals surface area contributed by atoms with E-state index in [4.69, 9.17) is 24.7 Å². The fourth-order valence-electron chi connectivity index (χ4n) is 13.4. The first kappa shape index (κ1) is 62.9. The second-order valence-corrected chi connectivity index (χ2v) is 23.6. The second-order valence-electron chi connectivity index (χ2n) is 23.6. The van der Waals surface area contributed by atoms with Crippen molar-refractivity contribution in [3.05, 3.63) is 65.8 Å². The monoisotopic (exact) mass is 1140 g/mol. The maximum absolute atomic E-state index is 13.7. The largest absolute Gasteiger partial charge is 0.447 e. The van der Waals surface area contributed by atoms with Crippen LogP contribution in [-0.4, -0.2) is 168 Å². The Balaban J connectivity index is 0.862. The predicted molar refractivity (Wildman–Crippen MR) is 298 cm³/mol. The van der Waals surface area contributed by atoms with Crippen LogP contribution in [0.15, 0.2) is 60.2 Å². The highest BCUT2D eigenvalue weighted by Gasteiger charge is 2.75. The molecule has 3 saturated carbocycles. The molecule has 2 aliphatic heterocycles. The van der Waals surface area contributed by atoms with Crippen LogP contribution in [0, 0.1) is 34.5 Å². The molecule has 2 unspecified atom stereocenters. The van der Waals surface area contributed by atoms with Crippen molar-refractivity contribution in [2.45, 2.75) is 161 Å². The number of amides is 9. The Labute approximate surface area is 479 Å². The first-order valence-electron chi connectivity index (χ1n) is 28.9. The maximum atomic E-state index is 13.7. The molecule has 9 amide bonds. The Hall–Kier alpha value is -6.69. The average Bonchev–Trinajstić information content (AvgIpc) is 1.55. The summed E-state index contributed by atoms with van der Waals surface area (Å²) in [7, 11) is 3.04. The summed E-state index contributed by atoms with van der Waals surface area (Å²) in [4.78, 5) is 118. The van der Waals surface area contributed by atoms with Gasteiger partial charge in [0.2, 0.25) is 17.7 Å². The van der Waals surface area contributed by atoms with E-state index in [1.54, 1.807) is 50.3 Å². The van der Waals surface area contributed by atoms with E-state index in [1.165, 1.54) is 36.0 Å². The number of imide groups is 1. The second kappa shape index (κ2) is 27.1. The van der Waals surface area contributed by atoms with E-state index in [0.29, 0.717) is 49.8 Å². The lowest BCUT2D eigenvalue weighted by Crippen LogP contribution is -2.65. The Morgan fingerprint density at radius 1 is 0.902 bits per heavy atom. The van der Waals surface area contributed by atoms with Gasteiger partial charge in [0.25, 0.3) is 11.8 Å². The number of unbranched alkanes of at least 4 members (excludes halogenated alkanes) is 2. The number of fused-ring (bicyclic) bond motifs is 7. The number of nitrogens with zero attached hydrogens (tertiary/aromatic N) is 3. The molecule has 4 fully saturated rings. The molecule has 0 bridgehead atoms. The zero-order valence-electron chi connectivity index (χ0n) is 48.3. The number of primary amides is 1. The summed E-state index contributed by atoms with van der Waals surface area (Å²) in [5.41, 5.74) is 4.74. The number of nitrogens with one attached hydrogen (secondary N) is 4. The summed E-state index contributed by atoms with van der Waals surface area (Å²) >= 11 is 0. The van der Waals surface area contributed by atoms with Gasteiger partial charge in [-0.1, -0.05) is 71.2 Å². The maximum Gasteiger partial charge on any atom is 0.409 e. The first-order chi connectivity index (χ1) is 38.9. The van der Waals surface area contributed by atoms with Crippen molar-refractivity contribution < 1.29 is 72.3 Å². The number of carbonyl (C=O) groups is 9. The molecule has 6 aliphatic rings. The molecule has 0 aromatic heterocycles. The van der Waals surface area contributed by atoms with Gasteiger partial charge in [0.05, 0.1) is 12.2 Å². The summed E-state index contributed by atoms with van der Waals surface area (Å²) in [6, 6.07) is 3.69. The fraction of sp³-hybridized carbons (Fsp3) is 0.644. The van der Waals surface area contributed by atoms with E-state index in [9.17, 15) is 53.4 Å². The topological polar surface area (TPSA) is 315 Å². The number of ether oxygens (including phenoxy) is 4. The van der Waals surface area contributed by atoms with Crippen molar-refractivity contribution in [2.24, 2.45) is 40.2 Å². The third-order valence-corrected chi connectivity index (χ3v) is 17.8. The molecule has 1 aromatic carbocycles. The molecule has 1 aromatic rings. The Kier molecular flexibility index (Phi) is 20.8. The van der Waals surface area contributed by atoms with E-state index < -0.39 is 89.8 Å². The van der Waals surface area contributed by atoms with Crippen molar-refractivity contribution in [1.29, 1.82) is 0 Å². The van der Waals surface area contributed by atoms with Gasteiger partial charge in [0.15, 0.2) is 12.1 Å². The number of rotatable bonds is 26. The number of aliphatic hydroxyl groups excluding tert-OH is 2. The van der Waals surface area contributed by atoms with Gasteiger partial charge in [0, 0.05) is 81.3 Å². The molecular formula is C59H84N8O15. The van der Waals surface area contributed by atoms with Crippen molar-refractivity contribution in [1.82, 2.24) is 30.7 Å². The number of ketones is 1. The van der Waals surface area contributed by atoms with Gasteiger partial charge in [-0.15, -0.1) is 0 Å². The van der Waals surface area contributed by atoms with Gasteiger partial charge in [0.1, 0.15) is 37.0 Å².